The highest BCUT2D eigenvalue weighted by atomic mass is 35.5. The van der Waals surface area contributed by atoms with E-state index in [1.807, 2.05) is 25.3 Å². The van der Waals surface area contributed by atoms with Gasteiger partial charge in [-0.2, -0.15) is 0 Å². The third-order valence-corrected chi connectivity index (χ3v) is 8.13. The molecule has 2 aliphatic rings. The fourth-order valence-electron chi connectivity index (χ4n) is 4.12. The Morgan fingerprint density at radius 3 is 2.64 bits per heavy atom. The first-order valence-corrected chi connectivity index (χ1v) is 14.0. The molecule has 1 unspecified atom stereocenters. The van der Waals surface area contributed by atoms with Crippen molar-refractivity contribution >= 4 is 49.4 Å². The number of ether oxygens (including phenoxy) is 2. The van der Waals surface area contributed by atoms with Gasteiger partial charge in [0.1, 0.15) is 6.10 Å². The Balaban J connectivity index is 1.58. The van der Waals surface area contributed by atoms with Crippen molar-refractivity contribution in [3.8, 4) is 0 Å². The van der Waals surface area contributed by atoms with Gasteiger partial charge in [0.05, 0.1) is 22.2 Å². The summed E-state index contributed by atoms with van der Waals surface area (Å²) < 4.78 is 35.3. The number of thiazole rings is 1. The molecule has 0 spiro atoms. The molecule has 1 amide bonds. The minimum atomic E-state index is -3.46. The van der Waals surface area contributed by atoms with Gasteiger partial charge in [0.15, 0.2) is 20.8 Å². The van der Waals surface area contributed by atoms with Crippen LogP contribution in [-0.2, 0) is 24.1 Å². The molecule has 1 aromatic carbocycles. The number of halogens is 1. The highest BCUT2D eigenvalue weighted by Gasteiger charge is 2.35. The average molecular weight is 511 g/mol. The maximum atomic E-state index is 13.3. The largest absolute Gasteiger partial charge is 0.347 e. The lowest BCUT2D eigenvalue weighted by Gasteiger charge is -2.16. The topological polar surface area (TPSA) is 94.6 Å². The van der Waals surface area contributed by atoms with Crippen molar-refractivity contribution in [3.05, 3.63) is 45.9 Å². The summed E-state index contributed by atoms with van der Waals surface area (Å²) in [5.41, 5.74) is 1.74. The SMILES string of the molecule is CC1(C)OCC(c2csc(NC(=O)/C(=C/C3CCCC3)c3ccc(S(C)(=O)=O)c(Cl)c3)n2)O1. The van der Waals surface area contributed by atoms with E-state index < -0.39 is 15.6 Å². The second-order valence-electron chi connectivity index (χ2n) is 8.89. The zero-order valence-electron chi connectivity index (χ0n) is 18.8. The van der Waals surface area contributed by atoms with Gasteiger partial charge in [-0.05, 0) is 50.3 Å². The minimum absolute atomic E-state index is 0.0415. The number of carbonyl (C=O) groups is 1. The van der Waals surface area contributed by atoms with Crippen LogP contribution in [0.5, 0.6) is 0 Å². The molecular weight excluding hydrogens is 484 g/mol. The number of amides is 1. The Labute approximate surface area is 203 Å². The Morgan fingerprint density at radius 1 is 1.30 bits per heavy atom. The molecule has 2 aromatic rings. The number of nitrogens with one attached hydrogen (secondary N) is 1. The molecule has 33 heavy (non-hydrogen) atoms. The maximum absolute atomic E-state index is 13.3. The van der Waals surface area contributed by atoms with Crippen molar-refractivity contribution in [2.45, 2.75) is 56.3 Å². The molecule has 1 atom stereocenters. The second-order valence-corrected chi connectivity index (χ2v) is 12.1. The Hall–Kier alpha value is -1.78. The maximum Gasteiger partial charge on any atom is 0.257 e. The van der Waals surface area contributed by atoms with Gasteiger partial charge in [-0.25, -0.2) is 13.4 Å². The fraction of sp³-hybridized carbons (Fsp3) is 0.478. The summed E-state index contributed by atoms with van der Waals surface area (Å²) >= 11 is 7.58. The van der Waals surface area contributed by atoms with Gasteiger partial charge >= 0.3 is 0 Å². The summed E-state index contributed by atoms with van der Waals surface area (Å²) in [5.74, 6) is -0.682. The molecule has 2 fully saturated rings. The number of hydrogen-bond donors (Lipinski definition) is 1. The third kappa shape index (κ3) is 5.84. The molecular formula is C23H27ClN2O5S2. The molecule has 1 N–H and O–H groups in total. The summed E-state index contributed by atoms with van der Waals surface area (Å²) in [4.78, 5) is 17.9. The monoisotopic (exact) mass is 510 g/mol. The van der Waals surface area contributed by atoms with Crippen LogP contribution in [0.25, 0.3) is 5.57 Å². The van der Waals surface area contributed by atoms with Crippen LogP contribution in [0.4, 0.5) is 5.13 Å². The molecule has 7 nitrogen and oxygen atoms in total. The quantitative estimate of drug-likeness (QED) is 0.534. The van der Waals surface area contributed by atoms with Crippen LogP contribution in [-0.4, -0.2) is 38.0 Å². The molecule has 178 valence electrons. The van der Waals surface area contributed by atoms with Crippen LogP contribution >= 0.6 is 22.9 Å². The number of carbonyl (C=O) groups excluding carboxylic acids is 1. The Kier molecular flexibility index (Phi) is 6.98. The molecule has 1 saturated heterocycles. The molecule has 10 heteroatoms. The minimum Gasteiger partial charge on any atom is -0.347 e. The molecule has 0 radical (unpaired) electrons. The van der Waals surface area contributed by atoms with E-state index in [0.717, 1.165) is 31.9 Å². The summed E-state index contributed by atoms with van der Waals surface area (Å²) in [6, 6.07) is 4.61. The van der Waals surface area contributed by atoms with E-state index in [0.29, 0.717) is 28.6 Å². The third-order valence-electron chi connectivity index (χ3n) is 5.77. The Bertz CT molecular complexity index is 1180. The van der Waals surface area contributed by atoms with Gasteiger partial charge in [0.2, 0.25) is 0 Å². The molecule has 1 aliphatic heterocycles. The van der Waals surface area contributed by atoms with Gasteiger partial charge in [0, 0.05) is 17.2 Å². The summed E-state index contributed by atoms with van der Waals surface area (Å²) in [6.45, 7) is 4.10. The number of nitrogens with zero attached hydrogens (tertiary/aromatic N) is 1. The second kappa shape index (κ2) is 9.46. The molecule has 1 saturated carbocycles. The lowest BCUT2D eigenvalue weighted by Crippen LogP contribution is -2.19. The van der Waals surface area contributed by atoms with Crippen molar-refractivity contribution in [2.75, 3.05) is 18.2 Å². The van der Waals surface area contributed by atoms with E-state index in [1.54, 1.807) is 6.07 Å². The number of allylic oxidation sites excluding steroid dienone is 1. The number of rotatable bonds is 6. The first-order chi connectivity index (χ1) is 15.5. The number of benzene rings is 1. The van der Waals surface area contributed by atoms with Gasteiger partial charge in [-0.3, -0.25) is 10.1 Å². The zero-order valence-corrected chi connectivity index (χ0v) is 21.1. The first-order valence-electron chi connectivity index (χ1n) is 10.8. The van der Waals surface area contributed by atoms with Crippen molar-refractivity contribution < 1.29 is 22.7 Å². The van der Waals surface area contributed by atoms with Crippen molar-refractivity contribution in [3.63, 3.8) is 0 Å². The predicted octanol–water partition coefficient (Wildman–Crippen LogP) is 5.24. The van der Waals surface area contributed by atoms with Crippen LogP contribution < -0.4 is 5.32 Å². The lowest BCUT2D eigenvalue weighted by molar-refractivity contribution is -0.139. The lowest BCUT2D eigenvalue weighted by atomic mass is 9.98. The molecule has 1 aliphatic carbocycles. The first kappa shape index (κ1) is 24.3. The van der Waals surface area contributed by atoms with Crippen molar-refractivity contribution in [2.24, 2.45) is 5.92 Å². The van der Waals surface area contributed by atoms with E-state index in [9.17, 15) is 13.2 Å². The number of anilines is 1. The van der Waals surface area contributed by atoms with Gasteiger partial charge in [-0.15, -0.1) is 11.3 Å². The molecule has 2 heterocycles. The van der Waals surface area contributed by atoms with Crippen LogP contribution in [0.2, 0.25) is 5.02 Å². The standard InChI is InChI=1S/C23H27ClN2O5S2/c1-23(2)30-12-19(31-23)18-13-32-22(25-18)26-21(27)16(10-14-6-4-5-7-14)15-8-9-20(17(24)11-15)33(3,28)29/h8-11,13-14,19H,4-7,12H2,1-3H3,(H,25,26,27)/b16-10+. The van der Waals surface area contributed by atoms with Gasteiger partial charge in [-0.1, -0.05) is 36.6 Å². The Morgan fingerprint density at radius 2 is 2.03 bits per heavy atom. The summed E-state index contributed by atoms with van der Waals surface area (Å²) in [5, 5.41) is 5.29. The van der Waals surface area contributed by atoms with Gasteiger partial charge < -0.3 is 9.47 Å². The normalized spacial score (nSPS) is 21.5. The fourth-order valence-corrected chi connectivity index (χ4v) is 6.20. The van der Waals surface area contributed by atoms with E-state index >= 15 is 0 Å². The smallest absolute Gasteiger partial charge is 0.257 e. The van der Waals surface area contributed by atoms with E-state index in [2.05, 4.69) is 10.3 Å². The summed E-state index contributed by atoms with van der Waals surface area (Å²) in [6.07, 6.45) is 7.08. The highest BCUT2D eigenvalue weighted by Crippen LogP contribution is 2.35. The number of aromatic nitrogens is 1. The summed E-state index contributed by atoms with van der Waals surface area (Å²) in [7, 11) is -3.46. The van der Waals surface area contributed by atoms with E-state index in [-0.39, 0.29) is 27.8 Å². The molecule has 1 aromatic heterocycles. The van der Waals surface area contributed by atoms with E-state index in [4.69, 9.17) is 21.1 Å². The predicted molar refractivity (Wildman–Crippen MR) is 129 cm³/mol. The van der Waals surface area contributed by atoms with Crippen LogP contribution in [0, 0.1) is 5.92 Å². The number of sulfone groups is 1. The highest BCUT2D eigenvalue weighted by molar-refractivity contribution is 7.90. The zero-order chi connectivity index (χ0) is 23.8. The van der Waals surface area contributed by atoms with Crippen molar-refractivity contribution in [1.82, 2.24) is 4.98 Å². The molecule has 0 bridgehead atoms. The van der Waals surface area contributed by atoms with E-state index in [1.165, 1.54) is 23.5 Å². The van der Waals surface area contributed by atoms with Gasteiger partial charge in [0.25, 0.3) is 5.91 Å². The van der Waals surface area contributed by atoms with Crippen LogP contribution in [0.3, 0.4) is 0 Å². The van der Waals surface area contributed by atoms with Crippen LogP contribution in [0.15, 0.2) is 34.6 Å². The average Bonchev–Trinajstić information content (AvgIpc) is 3.46. The molecule has 4 rings (SSSR count). The van der Waals surface area contributed by atoms with Crippen LogP contribution in [0.1, 0.15) is 56.9 Å². The number of hydrogen-bond acceptors (Lipinski definition) is 7. The van der Waals surface area contributed by atoms with Crippen molar-refractivity contribution in [1.29, 1.82) is 0 Å².